The number of aliphatic carboxylic acids is 1. The molecule has 0 aromatic heterocycles. The van der Waals surface area contributed by atoms with Crippen molar-refractivity contribution in [2.24, 2.45) is 5.73 Å². The summed E-state index contributed by atoms with van der Waals surface area (Å²) in [4.78, 5) is 21.4. The molecule has 0 aliphatic carbocycles. The van der Waals surface area contributed by atoms with E-state index in [-0.39, 0.29) is 12.5 Å². The molecule has 0 fully saturated rings. The maximum Gasteiger partial charge on any atom is 0.303 e. The van der Waals surface area contributed by atoms with Crippen LogP contribution in [-0.2, 0) is 4.79 Å². The first-order valence-corrected chi connectivity index (χ1v) is 5.85. The predicted molar refractivity (Wildman–Crippen MR) is 69.9 cm³/mol. The summed E-state index contributed by atoms with van der Waals surface area (Å²) in [6.07, 6.45) is 0.578. The van der Waals surface area contributed by atoms with Gasteiger partial charge in [-0.1, -0.05) is 11.6 Å². The molecule has 0 aliphatic heterocycles. The molecule has 1 aromatic rings. The third-order valence-electron chi connectivity index (χ3n) is 2.45. The first-order chi connectivity index (χ1) is 8.40. The van der Waals surface area contributed by atoms with E-state index in [2.05, 4.69) is 5.32 Å². The van der Waals surface area contributed by atoms with Gasteiger partial charge in [-0.05, 0) is 31.5 Å². The van der Waals surface area contributed by atoms with Crippen molar-refractivity contribution in [1.82, 2.24) is 0 Å². The van der Waals surface area contributed by atoms with Crippen molar-refractivity contribution in [3.63, 3.8) is 0 Å². The van der Waals surface area contributed by atoms with Crippen LogP contribution in [0.3, 0.4) is 0 Å². The molecule has 0 aliphatic rings. The highest BCUT2D eigenvalue weighted by molar-refractivity contribution is 6.33. The van der Waals surface area contributed by atoms with E-state index in [1.807, 2.05) is 6.92 Å². The smallest absolute Gasteiger partial charge is 0.303 e. The Hall–Kier alpha value is -1.75. The number of carboxylic acids is 1. The number of hydrogen-bond donors (Lipinski definition) is 3. The normalized spacial score (nSPS) is 11.9. The molecule has 1 unspecified atom stereocenters. The molecule has 0 spiro atoms. The van der Waals surface area contributed by atoms with E-state index in [0.717, 1.165) is 0 Å². The number of carbonyl (C=O) groups is 2. The van der Waals surface area contributed by atoms with Gasteiger partial charge in [0.2, 0.25) is 5.91 Å². The summed E-state index contributed by atoms with van der Waals surface area (Å²) in [5.41, 5.74) is 6.12. The molecular formula is C12H15ClN2O3. The van der Waals surface area contributed by atoms with Gasteiger partial charge in [0.1, 0.15) is 0 Å². The Kier molecular flexibility index (Phi) is 4.97. The number of nitrogens with one attached hydrogen (secondary N) is 1. The largest absolute Gasteiger partial charge is 0.481 e. The van der Waals surface area contributed by atoms with Crippen LogP contribution < -0.4 is 11.1 Å². The van der Waals surface area contributed by atoms with Crippen molar-refractivity contribution < 1.29 is 14.7 Å². The Morgan fingerprint density at radius 3 is 2.67 bits per heavy atom. The molecule has 0 bridgehead atoms. The Balaban J connectivity index is 2.67. The Labute approximate surface area is 110 Å². The minimum atomic E-state index is -0.834. The molecule has 98 valence electrons. The topological polar surface area (TPSA) is 92.4 Å². The van der Waals surface area contributed by atoms with E-state index in [4.69, 9.17) is 22.4 Å². The summed E-state index contributed by atoms with van der Waals surface area (Å²) in [7, 11) is 0. The summed E-state index contributed by atoms with van der Waals surface area (Å²) >= 11 is 5.99. The molecule has 0 radical (unpaired) electrons. The molecule has 0 saturated carbocycles. The van der Waals surface area contributed by atoms with Crippen molar-refractivity contribution >= 4 is 29.2 Å². The van der Waals surface area contributed by atoms with Crippen LogP contribution >= 0.6 is 11.6 Å². The number of halogens is 1. The van der Waals surface area contributed by atoms with Gasteiger partial charge >= 0.3 is 5.97 Å². The zero-order valence-corrected chi connectivity index (χ0v) is 10.7. The lowest BCUT2D eigenvalue weighted by Crippen LogP contribution is -2.17. The first kappa shape index (κ1) is 14.3. The fraction of sp³-hybridized carbons (Fsp3) is 0.333. The van der Waals surface area contributed by atoms with Crippen LogP contribution in [-0.4, -0.2) is 23.0 Å². The Bertz CT molecular complexity index is 463. The van der Waals surface area contributed by atoms with Crippen LogP contribution in [0, 0.1) is 0 Å². The van der Waals surface area contributed by atoms with Crippen molar-refractivity contribution in [1.29, 1.82) is 0 Å². The number of benzene rings is 1. The predicted octanol–water partition coefficient (Wildman–Crippen LogP) is 2.10. The fourth-order valence-corrected chi connectivity index (χ4v) is 1.70. The van der Waals surface area contributed by atoms with E-state index in [1.54, 1.807) is 12.1 Å². The van der Waals surface area contributed by atoms with Gasteiger partial charge in [0.05, 0.1) is 10.7 Å². The van der Waals surface area contributed by atoms with Crippen LogP contribution in [0.1, 0.15) is 30.1 Å². The van der Waals surface area contributed by atoms with E-state index < -0.39 is 11.9 Å². The molecule has 1 atom stereocenters. The molecule has 0 saturated heterocycles. The molecule has 6 heteroatoms. The second kappa shape index (κ2) is 6.26. The number of amides is 1. The quantitative estimate of drug-likeness (QED) is 0.738. The number of carboxylic acid groups (broad SMARTS) is 1. The molecule has 1 amide bonds. The second-order valence-corrected chi connectivity index (χ2v) is 4.44. The second-order valence-electron chi connectivity index (χ2n) is 4.04. The molecule has 0 heterocycles. The van der Waals surface area contributed by atoms with Gasteiger partial charge in [0, 0.05) is 18.0 Å². The maximum atomic E-state index is 10.9. The van der Waals surface area contributed by atoms with Gasteiger partial charge in [-0.15, -0.1) is 0 Å². The average Bonchev–Trinajstić information content (AvgIpc) is 2.29. The summed E-state index contributed by atoms with van der Waals surface area (Å²) in [6.45, 7) is 1.86. The van der Waals surface area contributed by atoms with Gasteiger partial charge < -0.3 is 16.2 Å². The lowest BCUT2D eigenvalue weighted by atomic mass is 10.1. The van der Waals surface area contributed by atoms with E-state index in [0.29, 0.717) is 22.7 Å². The van der Waals surface area contributed by atoms with Crippen molar-refractivity contribution in [3.05, 3.63) is 28.8 Å². The number of anilines is 1. The highest BCUT2D eigenvalue weighted by atomic mass is 35.5. The van der Waals surface area contributed by atoms with Crippen LogP contribution in [0.15, 0.2) is 18.2 Å². The molecule has 5 nitrogen and oxygen atoms in total. The van der Waals surface area contributed by atoms with E-state index in [9.17, 15) is 9.59 Å². The highest BCUT2D eigenvalue weighted by Gasteiger charge is 2.09. The van der Waals surface area contributed by atoms with Crippen molar-refractivity contribution in [2.45, 2.75) is 25.8 Å². The average molecular weight is 271 g/mol. The summed E-state index contributed by atoms with van der Waals surface area (Å²) < 4.78 is 0. The van der Waals surface area contributed by atoms with Crippen LogP contribution in [0.2, 0.25) is 5.02 Å². The lowest BCUT2D eigenvalue weighted by Gasteiger charge is -2.15. The molecule has 18 heavy (non-hydrogen) atoms. The summed E-state index contributed by atoms with van der Waals surface area (Å²) in [5.74, 6) is -1.37. The lowest BCUT2D eigenvalue weighted by molar-refractivity contribution is -0.137. The van der Waals surface area contributed by atoms with Gasteiger partial charge in [-0.25, -0.2) is 0 Å². The van der Waals surface area contributed by atoms with Crippen LogP contribution in [0.4, 0.5) is 5.69 Å². The number of primary amides is 1. The number of nitrogens with two attached hydrogens (primary N) is 1. The van der Waals surface area contributed by atoms with Gasteiger partial charge in [0.15, 0.2) is 0 Å². The van der Waals surface area contributed by atoms with E-state index in [1.165, 1.54) is 6.07 Å². The van der Waals surface area contributed by atoms with Crippen molar-refractivity contribution in [2.75, 3.05) is 5.32 Å². The summed E-state index contributed by atoms with van der Waals surface area (Å²) in [6, 6.07) is 4.68. The minimum Gasteiger partial charge on any atom is -0.481 e. The Morgan fingerprint density at radius 1 is 1.50 bits per heavy atom. The fourth-order valence-electron chi connectivity index (χ4n) is 1.46. The monoisotopic (exact) mass is 270 g/mol. The number of carbonyl (C=O) groups excluding carboxylic acids is 1. The van der Waals surface area contributed by atoms with Gasteiger partial charge in [-0.2, -0.15) is 0 Å². The van der Waals surface area contributed by atoms with Gasteiger partial charge in [0.25, 0.3) is 0 Å². The minimum absolute atomic E-state index is 0.0296. The number of hydrogen-bond acceptors (Lipinski definition) is 3. The number of rotatable bonds is 6. The van der Waals surface area contributed by atoms with Crippen LogP contribution in [0.5, 0.6) is 0 Å². The third-order valence-corrected chi connectivity index (χ3v) is 2.76. The standard InChI is InChI=1S/C12H15ClN2O3/c1-7(2-5-11(16)17)15-10-4-3-8(12(14)18)6-9(10)13/h3-4,6-7,15H,2,5H2,1H3,(H2,14,18)(H,16,17). The Morgan fingerprint density at radius 2 is 2.17 bits per heavy atom. The molecular weight excluding hydrogens is 256 g/mol. The maximum absolute atomic E-state index is 10.9. The summed E-state index contributed by atoms with van der Waals surface area (Å²) in [5, 5.41) is 12.0. The van der Waals surface area contributed by atoms with Gasteiger partial charge in [-0.3, -0.25) is 9.59 Å². The zero-order valence-electron chi connectivity index (χ0n) is 9.94. The van der Waals surface area contributed by atoms with Crippen molar-refractivity contribution in [3.8, 4) is 0 Å². The highest BCUT2D eigenvalue weighted by Crippen LogP contribution is 2.24. The van der Waals surface area contributed by atoms with Crippen LogP contribution in [0.25, 0.3) is 0 Å². The molecule has 4 N–H and O–H groups in total. The van der Waals surface area contributed by atoms with E-state index >= 15 is 0 Å². The molecule has 1 rings (SSSR count). The third kappa shape index (κ3) is 4.25. The SMILES string of the molecule is CC(CCC(=O)O)Nc1ccc(C(N)=O)cc1Cl. The first-order valence-electron chi connectivity index (χ1n) is 5.48. The zero-order chi connectivity index (χ0) is 13.7. The molecule has 1 aromatic carbocycles.